The lowest BCUT2D eigenvalue weighted by atomic mass is 9.60. The zero-order chi connectivity index (χ0) is 47.9. The summed E-state index contributed by atoms with van der Waals surface area (Å²) in [5.74, 6) is 0. The summed E-state index contributed by atoms with van der Waals surface area (Å²) in [6.45, 7) is 8.65. The Balaban J connectivity index is 1.61. The van der Waals surface area contributed by atoms with Crippen LogP contribution in [0, 0.1) is 0 Å². The third-order valence-electron chi connectivity index (χ3n) is 11.6. The first-order valence-electron chi connectivity index (χ1n) is 24.9. The van der Waals surface area contributed by atoms with Gasteiger partial charge >= 0.3 is 0 Å². The van der Waals surface area contributed by atoms with E-state index in [1.54, 1.807) is 24.3 Å². The largest absolute Gasteiger partial charge is 0.0629 e. The van der Waals surface area contributed by atoms with E-state index in [2.05, 4.69) is 33.8 Å². The van der Waals surface area contributed by atoms with Gasteiger partial charge in [-0.25, -0.2) is 0 Å². The molecule has 0 fully saturated rings. The second-order valence-corrected chi connectivity index (χ2v) is 15.6. The minimum atomic E-state index is -0.597. The summed E-state index contributed by atoms with van der Waals surface area (Å²) in [6.07, 6.45) is 1.61. The summed E-state index contributed by atoms with van der Waals surface area (Å²) in [4.78, 5) is 0. The Morgan fingerprint density at radius 1 is 0.370 bits per heavy atom. The van der Waals surface area contributed by atoms with Crippen molar-refractivity contribution in [1.82, 2.24) is 0 Å². The average molecular weight is 706 g/mol. The zero-order valence-electron chi connectivity index (χ0n) is 43.6. The maximum atomic E-state index is 10.0. The quantitative estimate of drug-likeness (QED) is 0.126. The van der Waals surface area contributed by atoms with Crippen LogP contribution >= 0.6 is 0 Å². The minimum Gasteiger partial charge on any atom is -0.0622 e. The number of hydrogen-bond donors (Lipinski definition) is 0. The fraction of sp³-hybridized carbons (Fsp3) is 0.148. The van der Waals surface area contributed by atoms with Crippen molar-refractivity contribution < 1.29 is 17.8 Å². The molecule has 0 unspecified atom stereocenters. The lowest BCUT2D eigenvalue weighted by molar-refractivity contribution is 0.333. The van der Waals surface area contributed by atoms with Crippen LogP contribution in [0.4, 0.5) is 0 Å². The van der Waals surface area contributed by atoms with Gasteiger partial charge in [0.2, 0.25) is 0 Å². The van der Waals surface area contributed by atoms with Gasteiger partial charge in [0.15, 0.2) is 0 Å². The van der Waals surface area contributed by atoms with Crippen LogP contribution in [0.1, 0.15) is 69.5 Å². The molecule has 0 saturated heterocycles. The van der Waals surface area contributed by atoms with Gasteiger partial charge in [0.1, 0.15) is 0 Å². The molecule has 0 atom stereocenters. The molecule has 0 N–H and O–H groups in total. The SMILES string of the molecule is [2H]c1c([2H])c([2H])c(-c2c(-c3c4c([2H])c([2H])c([2H])c([2H])c4c(-c4c(-c5ccccc5)ccc5c4C(C)(C)CCC5(C)C)c4c([2H])c([2H])c([2H])c([2H])c34)c3ccccc3c3ccccc23)c([2H])c1[2H]. The zero-order valence-corrected chi connectivity index (χ0v) is 30.6. The molecule has 54 heavy (non-hydrogen) atoms. The summed E-state index contributed by atoms with van der Waals surface area (Å²) in [5, 5.41) is 2.29. The van der Waals surface area contributed by atoms with Crippen LogP contribution in [0.2, 0.25) is 0 Å². The molecule has 260 valence electrons. The van der Waals surface area contributed by atoms with Crippen LogP contribution in [0.5, 0.6) is 0 Å². The smallest absolute Gasteiger partial charge is 0.0622 e. The Bertz CT molecular complexity index is 3560. The van der Waals surface area contributed by atoms with Gasteiger partial charge in [0.05, 0.1) is 17.8 Å². The van der Waals surface area contributed by atoms with Crippen molar-refractivity contribution in [1.29, 1.82) is 0 Å². The molecular weight excluding hydrogens is 649 g/mol. The Morgan fingerprint density at radius 3 is 1.41 bits per heavy atom. The third-order valence-corrected chi connectivity index (χ3v) is 11.6. The molecule has 1 aliphatic rings. The van der Waals surface area contributed by atoms with E-state index >= 15 is 0 Å². The van der Waals surface area contributed by atoms with E-state index in [-0.39, 0.29) is 54.8 Å². The van der Waals surface area contributed by atoms with E-state index < -0.39 is 84.0 Å². The van der Waals surface area contributed by atoms with Gasteiger partial charge in [-0.15, -0.1) is 0 Å². The van der Waals surface area contributed by atoms with Crippen LogP contribution in [0.3, 0.4) is 0 Å². The van der Waals surface area contributed by atoms with Gasteiger partial charge in [-0.3, -0.25) is 0 Å². The number of fused-ring (bicyclic) bond motifs is 6. The molecule has 0 aliphatic heterocycles. The van der Waals surface area contributed by atoms with Crippen LogP contribution in [0.15, 0.2) is 170 Å². The van der Waals surface area contributed by atoms with E-state index in [0.717, 1.165) is 35.1 Å². The molecule has 0 radical (unpaired) electrons. The van der Waals surface area contributed by atoms with Gasteiger partial charge in [0, 0.05) is 0 Å². The monoisotopic (exact) mass is 705 g/mol. The van der Waals surface area contributed by atoms with Gasteiger partial charge < -0.3 is 0 Å². The molecule has 0 heterocycles. The highest BCUT2D eigenvalue weighted by atomic mass is 14.4. The predicted octanol–water partition coefficient (Wildman–Crippen LogP) is 15.3. The molecular formula is C54H44. The van der Waals surface area contributed by atoms with Crippen molar-refractivity contribution in [2.45, 2.75) is 51.4 Å². The van der Waals surface area contributed by atoms with Gasteiger partial charge in [-0.2, -0.15) is 0 Å². The van der Waals surface area contributed by atoms with Crippen LogP contribution in [0.25, 0.3) is 87.6 Å². The second-order valence-electron chi connectivity index (χ2n) is 15.6. The van der Waals surface area contributed by atoms with E-state index in [0.29, 0.717) is 27.1 Å². The van der Waals surface area contributed by atoms with Gasteiger partial charge in [0.25, 0.3) is 0 Å². The number of benzene rings is 9. The molecule has 0 saturated carbocycles. The molecule has 9 aromatic carbocycles. The summed E-state index contributed by atoms with van der Waals surface area (Å²) < 4.78 is 122. The van der Waals surface area contributed by atoms with E-state index in [1.807, 2.05) is 60.7 Å². The molecule has 0 spiro atoms. The summed E-state index contributed by atoms with van der Waals surface area (Å²) >= 11 is 0. The molecule has 0 heteroatoms. The summed E-state index contributed by atoms with van der Waals surface area (Å²) in [6, 6.07) is 21.6. The first kappa shape index (κ1) is 21.7. The highest BCUT2D eigenvalue weighted by Gasteiger charge is 2.40. The Morgan fingerprint density at radius 2 is 0.833 bits per heavy atom. The van der Waals surface area contributed by atoms with Crippen LogP contribution in [-0.4, -0.2) is 0 Å². The normalized spacial score (nSPS) is 18.2. The van der Waals surface area contributed by atoms with E-state index in [1.165, 1.54) is 0 Å². The van der Waals surface area contributed by atoms with Crippen molar-refractivity contribution >= 4 is 43.1 Å². The topological polar surface area (TPSA) is 0 Å². The summed E-state index contributed by atoms with van der Waals surface area (Å²) in [5.41, 5.74) is 3.65. The molecule has 0 amide bonds. The summed E-state index contributed by atoms with van der Waals surface area (Å²) in [7, 11) is 0. The van der Waals surface area contributed by atoms with Gasteiger partial charge in [-0.1, -0.05) is 197 Å². The first-order chi connectivity index (χ1) is 31.7. The maximum absolute atomic E-state index is 10.0. The third kappa shape index (κ3) is 4.90. The minimum absolute atomic E-state index is 0.0298. The standard InChI is InChI=1S/C54H44/c1-53(2)33-34-54(3,4)52-46(53)32-31-37(35-19-7-5-8-20-35)51(52)49-44-29-17-15-27-42(44)48(43-28-16-18-30-45(43)49)50-41-26-14-12-24-39(41)38-23-11-13-25-40(38)47(50)36-21-9-6-10-22-36/h5-32H,33-34H2,1-4H3/i6D,9D,10D,15D,16D,17D,18D,21D,22D,27D,28D,29D,30D. The predicted molar refractivity (Wildman–Crippen MR) is 233 cm³/mol. The molecule has 10 rings (SSSR count). The Labute approximate surface area is 337 Å². The van der Waals surface area contributed by atoms with Crippen LogP contribution < -0.4 is 0 Å². The van der Waals surface area contributed by atoms with Crippen LogP contribution in [-0.2, 0) is 10.8 Å². The lowest BCUT2D eigenvalue weighted by Gasteiger charge is -2.44. The molecule has 0 nitrogen and oxygen atoms in total. The Kier molecular flexibility index (Phi) is 4.93. The van der Waals surface area contributed by atoms with Crippen molar-refractivity contribution in [3.8, 4) is 44.5 Å². The molecule has 9 aromatic rings. The van der Waals surface area contributed by atoms with Crippen molar-refractivity contribution in [3.05, 3.63) is 181 Å². The van der Waals surface area contributed by atoms with Crippen molar-refractivity contribution in [3.63, 3.8) is 0 Å². The molecule has 0 aromatic heterocycles. The van der Waals surface area contributed by atoms with E-state index in [9.17, 15) is 13.7 Å². The molecule has 0 bridgehead atoms. The fourth-order valence-electron chi connectivity index (χ4n) is 9.03. The van der Waals surface area contributed by atoms with Crippen molar-refractivity contribution in [2.75, 3.05) is 0 Å². The van der Waals surface area contributed by atoms with E-state index in [4.69, 9.17) is 4.11 Å². The lowest BCUT2D eigenvalue weighted by Crippen LogP contribution is -2.34. The average Bonchev–Trinajstić information content (AvgIpc) is 3.33. The number of rotatable bonds is 4. The number of hydrogen-bond acceptors (Lipinski definition) is 0. The highest BCUT2D eigenvalue weighted by Crippen LogP contribution is 2.56. The second kappa shape index (κ2) is 12.3. The van der Waals surface area contributed by atoms with Crippen molar-refractivity contribution in [2.24, 2.45) is 0 Å². The Hall–Kier alpha value is -5.98. The first-order valence-corrected chi connectivity index (χ1v) is 18.4. The highest BCUT2D eigenvalue weighted by molar-refractivity contribution is 6.30. The fourth-order valence-corrected chi connectivity index (χ4v) is 9.03. The van der Waals surface area contributed by atoms with Gasteiger partial charge in [-0.05, 0) is 122 Å². The molecule has 1 aliphatic carbocycles. The maximum Gasteiger partial charge on any atom is 0.0629 e.